The maximum atomic E-state index is 5.46. The van der Waals surface area contributed by atoms with Gasteiger partial charge in [-0.25, -0.2) is 4.98 Å². The van der Waals surface area contributed by atoms with Crippen LogP contribution >= 0.6 is 0 Å². The Bertz CT molecular complexity index is 453. The number of aromatic nitrogens is 3. The Morgan fingerprint density at radius 3 is 2.75 bits per heavy atom. The van der Waals surface area contributed by atoms with E-state index in [-0.39, 0.29) is 0 Å². The number of aryl methyl sites for hydroxylation is 3. The van der Waals surface area contributed by atoms with Crippen LogP contribution in [0.1, 0.15) is 23.0 Å². The molecule has 0 fully saturated rings. The van der Waals surface area contributed by atoms with Crippen molar-refractivity contribution in [1.29, 1.82) is 0 Å². The summed E-state index contributed by atoms with van der Waals surface area (Å²) >= 11 is 0. The van der Waals surface area contributed by atoms with Gasteiger partial charge >= 0.3 is 0 Å². The van der Waals surface area contributed by atoms with Crippen LogP contribution in [0.4, 0.5) is 0 Å². The van der Waals surface area contributed by atoms with Crippen molar-refractivity contribution in [3.8, 4) is 0 Å². The predicted molar refractivity (Wildman–Crippen MR) is 59.7 cm³/mol. The lowest BCUT2D eigenvalue weighted by atomic mass is 10.4. The second-order valence-electron chi connectivity index (χ2n) is 3.83. The number of hydrogen-bond acceptors (Lipinski definition) is 4. The molecule has 5 nitrogen and oxygen atoms in total. The minimum absolute atomic E-state index is 0.630. The zero-order valence-electron chi connectivity index (χ0n) is 9.82. The van der Waals surface area contributed by atoms with E-state index in [1.165, 1.54) is 0 Å². The number of nitrogens with zero attached hydrogens (tertiary/aromatic N) is 3. The quantitative estimate of drug-likeness (QED) is 0.844. The first-order chi connectivity index (χ1) is 7.65. The molecule has 0 unspecified atom stereocenters. The van der Waals surface area contributed by atoms with Crippen molar-refractivity contribution in [3.05, 3.63) is 35.3 Å². The molecule has 0 saturated carbocycles. The third kappa shape index (κ3) is 2.49. The highest BCUT2D eigenvalue weighted by molar-refractivity contribution is 5.05. The highest BCUT2D eigenvalue weighted by Gasteiger charge is 2.04. The van der Waals surface area contributed by atoms with Gasteiger partial charge in [-0.05, 0) is 19.9 Å². The van der Waals surface area contributed by atoms with Crippen LogP contribution in [-0.4, -0.2) is 14.8 Å². The molecule has 0 aliphatic heterocycles. The molecule has 0 aliphatic rings. The second kappa shape index (κ2) is 4.49. The topological polar surface area (TPSA) is 55.9 Å². The van der Waals surface area contributed by atoms with Crippen LogP contribution in [0.15, 0.2) is 16.7 Å². The van der Waals surface area contributed by atoms with Gasteiger partial charge in [0.2, 0.25) is 5.89 Å². The lowest BCUT2D eigenvalue weighted by Crippen LogP contribution is -2.13. The first-order valence-electron chi connectivity index (χ1n) is 5.27. The molecule has 2 aromatic rings. The molecule has 0 radical (unpaired) electrons. The van der Waals surface area contributed by atoms with E-state index in [4.69, 9.17) is 4.42 Å². The van der Waals surface area contributed by atoms with Crippen LogP contribution in [0.5, 0.6) is 0 Å². The molecule has 0 spiro atoms. The monoisotopic (exact) mass is 220 g/mol. The zero-order valence-corrected chi connectivity index (χ0v) is 9.82. The molecule has 0 amide bonds. The largest absolute Gasteiger partial charge is 0.444 e. The molecule has 16 heavy (non-hydrogen) atoms. The molecule has 0 aliphatic carbocycles. The van der Waals surface area contributed by atoms with Crippen molar-refractivity contribution in [2.75, 3.05) is 0 Å². The van der Waals surface area contributed by atoms with E-state index in [1.54, 1.807) is 4.68 Å². The molecular formula is C11H16N4O. The fraction of sp³-hybridized carbons (Fsp3) is 0.455. The van der Waals surface area contributed by atoms with Gasteiger partial charge in [-0.3, -0.25) is 4.68 Å². The summed E-state index contributed by atoms with van der Waals surface area (Å²) in [4.78, 5) is 4.29. The van der Waals surface area contributed by atoms with Crippen LogP contribution in [0.3, 0.4) is 0 Å². The van der Waals surface area contributed by atoms with Crippen molar-refractivity contribution in [2.45, 2.75) is 26.9 Å². The highest BCUT2D eigenvalue weighted by atomic mass is 16.4. The molecule has 1 N–H and O–H groups in total. The summed E-state index contributed by atoms with van der Waals surface area (Å²) in [6, 6.07) is 1.99. The van der Waals surface area contributed by atoms with Crippen LogP contribution < -0.4 is 5.32 Å². The van der Waals surface area contributed by atoms with E-state index in [9.17, 15) is 0 Å². The smallest absolute Gasteiger partial charge is 0.208 e. The lowest BCUT2D eigenvalue weighted by Gasteiger charge is -1.98. The van der Waals surface area contributed by atoms with Gasteiger partial charge in [-0.1, -0.05) is 0 Å². The SMILES string of the molecule is Cc1nc(CNCc2ccn(C)n2)oc1C. The van der Waals surface area contributed by atoms with Gasteiger partial charge in [-0.15, -0.1) is 0 Å². The van der Waals surface area contributed by atoms with E-state index in [0.717, 1.165) is 29.6 Å². The van der Waals surface area contributed by atoms with Crippen molar-refractivity contribution < 1.29 is 4.42 Å². The number of nitrogens with one attached hydrogen (secondary N) is 1. The van der Waals surface area contributed by atoms with Crippen LogP contribution in [0.25, 0.3) is 0 Å². The zero-order chi connectivity index (χ0) is 11.5. The highest BCUT2D eigenvalue weighted by Crippen LogP contribution is 2.07. The molecule has 2 heterocycles. The first kappa shape index (κ1) is 10.9. The van der Waals surface area contributed by atoms with Gasteiger partial charge < -0.3 is 9.73 Å². The number of rotatable bonds is 4. The van der Waals surface area contributed by atoms with E-state index < -0.39 is 0 Å². The predicted octanol–water partition coefficient (Wildman–Crippen LogP) is 1.31. The Labute approximate surface area is 94.5 Å². The minimum Gasteiger partial charge on any atom is -0.444 e. The average molecular weight is 220 g/mol. The summed E-state index contributed by atoms with van der Waals surface area (Å²) in [5, 5.41) is 7.51. The summed E-state index contributed by atoms with van der Waals surface area (Å²) in [7, 11) is 1.91. The molecule has 2 rings (SSSR count). The molecule has 0 bridgehead atoms. The molecule has 0 atom stereocenters. The Balaban J connectivity index is 1.84. The summed E-state index contributed by atoms with van der Waals surface area (Å²) in [5.41, 5.74) is 1.97. The third-order valence-corrected chi connectivity index (χ3v) is 2.42. The number of oxazole rings is 1. The van der Waals surface area contributed by atoms with Gasteiger partial charge in [0.05, 0.1) is 17.9 Å². The number of hydrogen-bond donors (Lipinski definition) is 1. The molecule has 0 saturated heterocycles. The van der Waals surface area contributed by atoms with E-state index in [0.29, 0.717) is 6.54 Å². The second-order valence-corrected chi connectivity index (χ2v) is 3.83. The summed E-state index contributed by atoms with van der Waals surface area (Å²) in [6.07, 6.45) is 1.93. The standard InChI is InChI=1S/C11H16N4O/c1-8-9(2)16-11(13-8)7-12-6-10-4-5-15(3)14-10/h4-5,12H,6-7H2,1-3H3. The maximum Gasteiger partial charge on any atom is 0.208 e. The van der Waals surface area contributed by atoms with Gasteiger partial charge in [0, 0.05) is 19.8 Å². The fourth-order valence-corrected chi connectivity index (χ4v) is 1.47. The van der Waals surface area contributed by atoms with Crippen molar-refractivity contribution in [1.82, 2.24) is 20.1 Å². The Kier molecular flexibility index (Phi) is 3.05. The summed E-state index contributed by atoms with van der Waals surface area (Å²) in [6.45, 7) is 5.22. The molecule has 2 aromatic heterocycles. The Hall–Kier alpha value is -1.62. The van der Waals surface area contributed by atoms with Gasteiger partial charge in [-0.2, -0.15) is 5.10 Å². The Morgan fingerprint density at radius 2 is 2.19 bits per heavy atom. The lowest BCUT2D eigenvalue weighted by molar-refractivity contribution is 0.447. The third-order valence-electron chi connectivity index (χ3n) is 2.42. The van der Waals surface area contributed by atoms with Crippen LogP contribution in [-0.2, 0) is 20.1 Å². The van der Waals surface area contributed by atoms with Crippen molar-refractivity contribution >= 4 is 0 Å². The van der Waals surface area contributed by atoms with Crippen LogP contribution in [0.2, 0.25) is 0 Å². The van der Waals surface area contributed by atoms with E-state index >= 15 is 0 Å². The van der Waals surface area contributed by atoms with E-state index in [1.807, 2.05) is 33.2 Å². The molecule has 86 valence electrons. The van der Waals surface area contributed by atoms with Crippen LogP contribution in [0, 0.1) is 13.8 Å². The van der Waals surface area contributed by atoms with E-state index in [2.05, 4.69) is 15.4 Å². The average Bonchev–Trinajstić information content (AvgIpc) is 2.75. The first-order valence-corrected chi connectivity index (χ1v) is 5.27. The molecular weight excluding hydrogens is 204 g/mol. The normalized spacial score (nSPS) is 10.9. The fourth-order valence-electron chi connectivity index (χ4n) is 1.47. The van der Waals surface area contributed by atoms with Gasteiger partial charge in [0.25, 0.3) is 0 Å². The molecule has 0 aromatic carbocycles. The minimum atomic E-state index is 0.630. The van der Waals surface area contributed by atoms with Gasteiger partial charge in [0.1, 0.15) is 5.76 Å². The van der Waals surface area contributed by atoms with Gasteiger partial charge in [0.15, 0.2) is 0 Å². The molecule has 5 heteroatoms. The Morgan fingerprint density at radius 1 is 1.38 bits per heavy atom. The maximum absolute atomic E-state index is 5.46. The summed E-state index contributed by atoms with van der Waals surface area (Å²) < 4.78 is 7.25. The summed E-state index contributed by atoms with van der Waals surface area (Å²) in [5.74, 6) is 1.61. The van der Waals surface area contributed by atoms with Crippen molar-refractivity contribution in [3.63, 3.8) is 0 Å². The van der Waals surface area contributed by atoms with Crippen molar-refractivity contribution in [2.24, 2.45) is 7.05 Å².